The standard InChI is InChI=1S/C29H34N4O2/c1-21(34)28(30)32-26-15-9-8-14-25(26)29(35)31-20-22-16-18-33(19-17-22)27(23-10-4-2-5-11-23)24-12-6-3-7-13-24/h2-15,22,27-28,32H,16-20,30H2,1H3,(H,31,35). The van der Waals surface area contributed by atoms with Crippen molar-refractivity contribution in [3.05, 3.63) is 102 Å². The molecule has 4 N–H and O–H groups in total. The van der Waals surface area contributed by atoms with Crippen molar-refractivity contribution in [1.29, 1.82) is 0 Å². The van der Waals surface area contributed by atoms with E-state index in [1.54, 1.807) is 12.1 Å². The van der Waals surface area contributed by atoms with Crippen LogP contribution in [0.1, 0.15) is 47.3 Å². The second kappa shape index (κ2) is 11.8. The van der Waals surface area contributed by atoms with Crippen LogP contribution in [0.5, 0.6) is 0 Å². The second-order valence-corrected chi connectivity index (χ2v) is 9.19. The van der Waals surface area contributed by atoms with Gasteiger partial charge in [0.1, 0.15) is 6.17 Å². The first-order valence-corrected chi connectivity index (χ1v) is 12.3. The normalized spacial score (nSPS) is 15.5. The predicted molar refractivity (Wildman–Crippen MR) is 140 cm³/mol. The van der Waals surface area contributed by atoms with Gasteiger partial charge in [-0.05, 0) is 62.0 Å². The number of carbonyl (C=O) groups excluding carboxylic acids is 2. The molecule has 0 saturated carbocycles. The highest BCUT2D eigenvalue weighted by atomic mass is 16.1. The van der Waals surface area contributed by atoms with Gasteiger partial charge < -0.3 is 16.4 Å². The summed E-state index contributed by atoms with van der Waals surface area (Å²) in [5.74, 6) is 0.0796. The Morgan fingerprint density at radius 2 is 1.43 bits per heavy atom. The van der Waals surface area contributed by atoms with Crippen LogP contribution in [-0.2, 0) is 4.79 Å². The monoisotopic (exact) mass is 470 g/mol. The summed E-state index contributed by atoms with van der Waals surface area (Å²) in [4.78, 5) is 27.0. The summed E-state index contributed by atoms with van der Waals surface area (Å²) in [5.41, 5.74) is 9.50. The zero-order chi connectivity index (χ0) is 24.6. The Hall–Kier alpha value is -3.48. The number of Topliss-reactive ketones (excluding diaryl/α,β-unsaturated/α-hetero) is 1. The quantitative estimate of drug-likeness (QED) is 0.408. The molecule has 0 bridgehead atoms. The number of hydrogen-bond donors (Lipinski definition) is 3. The lowest BCUT2D eigenvalue weighted by Gasteiger charge is -2.38. The molecule has 6 nitrogen and oxygen atoms in total. The SMILES string of the molecule is CC(=O)C(N)Nc1ccccc1C(=O)NCC1CCN(C(c2ccccc2)c2ccccc2)CC1. The maximum Gasteiger partial charge on any atom is 0.253 e. The van der Waals surface area contributed by atoms with Crippen LogP contribution in [0.25, 0.3) is 0 Å². The number of carbonyl (C=O) groups is 2. The number of rotatable bonds is 9. The van der Waals surface area contributed by atoms with E-state index >= 15 is 0 Å². The summed E-state index contributed by atoms with van der Waals surface area (Å²) >= 11 is 0. The van der Waals surface area contributed by atoms with Crippen molar-refractivity contribution in [3.63, 3.8) is 0 Å². The van der Waals surface area contributed by atoms with Crippen molar-refractivity contribution in [2.24, 2.45) is 11.7 Å². The van der Waals surface area contributed by atoms with E-state index in [1.165, 1.54) is 18.1 Å². The molecule has 1 aliphatic rings. The van der Waals surface area contributed by atoms with E-state index < -0.39 is 6.17 Å². The smallest absolute Gasteiger partial charge is 0.253 e. The van der Waals surface area contributed by atoms with E-state index in [0.717, 1.165) is 25.9 Å². The fourth-order valence-corrected chi connectivity index (χ4v) is 4.71. The van der Waals surface area contributed by atoms with Crippen molar-refractivity contribution in [2.75, 3.05) is 25.0 Å². The van der Waals surface area contributed by atoms with Gasteiger partial charge in [-0.3, -0.25) is 14.5 Å². The van der Waals surface area contributed by atoms with Crippen LogP contribution in [-0.4, -0.2) is 42.4 Å². The first kappa shape index (κ1) is 24.6. The fraction of sp³-hybridized carbons (Fsp3) is 0.310. The lowest BCUT2D eigenvalue weighted by atomic mass is 9.91. The van der Waals surface area contributed by atoms with Gasteiger partial charge in [0.2, 0.25) is 0 Å². The van der Waals surface area contributed by atoms with E-state index in [-0.39, 0.29) is 17.7 Å². The lowest BCUT2D eigenvalue weighted by molar-refractivity contribution is -0.117. The fourth-order valence-electron chi connectivity index (χ4n) is 4.71. The van der Waals surface area contributed by atoms with Gasteiger partial charge in [0.15, 0.2) is 5.78 Å². The number of nitrogens with two attached hydrogens (primary N) is 1. The van der Waals surface area contributed by atoms with Crippen LogP contribution >= 0.6 is 0 Å². The molecule has 1 heterocycles. The third-order valence-corrected chi connectivity index (χ3v) is 6.72. The van der Waals surface area contributed by atoms with Crippen molar-refractivity contribution < 1.29 is 9.59 Å². The number of ketones is 1. The van der Waals surface area contributed by atoms with Crippen LogP contribution < -0.4 is 16.4 Å². The number of piperidine rings is 1. The van der Waals surface area contributed by atoms with Crippen molar-refractivity contribution >= 4 is 17.4 Å². The Balaban J connectivity index is 1.36. The lowest BCUT2D eigenvalue weighted by Crippen LogP contribution is -2.41. The minimum atomic E-state index is -0.838. The minimum absolute atomic E-state index is 0.155. The second-order valence-electron chi connectivity index (χ2n) is 9.19. The zero-order valence-corrected chi connectivity index (χ0v) is 20.2. The number of amides is 1. The molecule has 0 spiro atoms. The summed E-state index contributed by atoms with van der Waals surface area (Å²) in [5, 5.41) is 6.03. The van der Waals surface area contributed by atoms with Crippen LogP contribution in [0.15, 0.2) is 84.9 Å². The molecule has 1 atom stereocenters. The Morgan fingerprint density at radius 3 is 2.00 bits per heavy atom. The maximum atomic E-state index is 12.9. The van der Waals surface area contributed by atoms with E-state index in [1.807, 2.05) is 12.1 Å². The van der Waals surface area contributed by atoms with Gasteiger partial charge in [-0.15, -0.1) is 0 Å². The van der Waals surface area contributed by atoms with Crippen molar-refractivity contribution in [2.45, 2.75) is 32.0 Å². The highest BCUT2D eigenvalue weighted by Crippen LogP contribution is 2.32. The van der Waals surface area contributed by atoms with Crippen LogP contribution in [0.3, 0.4) is 0 Å². The zero-order valence-electron chi connectivity index (χ0n) is 20.2. The van der Waals surface area contributed by atoms with Crippen LogP contribution in [0, 0.1) is 5.92 Å². The predicted octanol–water partition coefficient (Wildman–Crippen LogP) is 4.20. The van der Waals surface area contributed by atoms with Gasteiger partial charge in [0, 0.05) is 12.2 Å². The summed E-state index contributed by atoms with van der Waals surface area (Å²) in [6, 6.07) is 28.7. The molecule has 1 aliphatic heterocycles. The molecular weight excluding hydrogens is 436 g/mol. The Bertz CT molecular complexity index is 1070. The highest BCUT2D eigenvalue weighted by Gasteiger charge is 2.27. The van der Waals surface area contributed by atoms with Crippen molar-refractivity contribution in [1.82, 2.24) is 10.2 Å². The molecule has 3 aromatic rings. The first-order valence-electron chi connectivity index (χ1n) is 12.3. The molecular formula is C29H34N4O2. The molecule has 6 heteroatoms. The number of nitrogens with zero attached hydrogens (tertiary/aromatic N) is 1. The average Bonchev–Trinajstić information content (AvgIpc) is 2.90. The molecule has 0 radical (unpaired) electrons. The number of nitrogens with one attached hydrogen (secondary N) is 2. The molecule has 4 rings (SSSR count). The molecule has 0 aromatic heterocycles. The molecule has 35 heavy (non-hydrogen) atoms. The number of hydrogen-bond acceptors (Lipinski definition) is 5. The van der Waals surface area contributed by atoms with Gasteiger partial charge in [-0.25, -0.2) is 0 Å². The Morgan fingerprint density at radius 1 is 0.886 bits per heavy atom. The third kappa shape index (κ3) is 6.35. The van der Waals surface area contributed by atoms with Gasteiger partial charge >= 0.3 is 0 Å². The molecule has 0 aliphatic carbocycles. The maximum absolute atomic E-state index is 12.9. The van der Waals surface area contributed by atoms with Gasteiger partial charge in [-0.1, -0.05) is 72.8 Å². The molecule has 1 unspecified atom stereocenters. The first-order chi connectivity index (χ1) is 17.0. The van der Waals surface area contributed by atoms with Crippen LogP contribution in [0.2, 0.25) is 0 Å². The molecule has 3 aromatic carbocycles. The largest absolute Gasteiger partial charge is 0.363 e. The summed E-state index contributed by atoms with van der Waals surface area (Å²) in [6.07, 6.45) is 1.20. The topological polar surface area (TPSA) is 87.5 Å². The van der Waals surface area contributed by atoms with Gasteiger partial charge in [0.25, 0.3) is 5.91 Å². The number of benzene rings is 3. The molecule has 1 saturated heterocycles. The third-order valence-electron chi connectivity index (χ3n) is 6.72. The van der Waals surface area contributed by atoms with E-state index in [2.05, 4.69) is 76.2 Å². The Labute approximate surface area is 207 Å². The van der Waals surface area contributed by atoms with Crippen molar-refractivity contribution in [3.8, 4) is 0 Å². The highest BCUT2D eigenvalue weighted by molar-refractivity contribution is 6.00. The molecule has 1 amide bonds. The summed E-state index contributed by atoms with van der Waals surface area (Å²) in [6.45, 7) is 4.00. The average molecular weight is 471 g/mol. The number of likely N-dealkylation sites (tertiary alicyclic amines) is 1. The number of para-hydroxylation sites is 1. The summed E-state index contributed by atoms with van der Waals surface area (Å²) < 4.78 is 0. The minimum Gasteiger partial charge on any atom is -0.363 e. The van der Waals surface area contributed by atoms with E-state index in [9.17, 15) is 9.59 Å². The molecule has 1 fully saturated rings. The van der Waals surface area contributed by atoms with Crippen LogP contribution in [0.4, 0.5) is 5.69 Å². The number of anilines is 1. The Kier molecular flexibility index (Phi) is 8.29. The van der Waals surface area contributed by atoms with E-state index in [4.69, 9.17) is 5.73 Å². The molecule has 182 valence electrons. The van der Waals surface area contributed by atoms with Gasteiger partial charge in [-0.2, -0.15) is 0 Å². The summed E-state index contributed by atoms with van der Waals surface area (Å²) in [7, 11) is 0. The van der Waals surface area contributed by atoms with Gasteiger partial charge in [0.05, 0.1) is 11.6 Å². The van der Waals surface area contributed by atoms with E-state index in [0.29, 0.717) is 23.7 Å².